The number of carbonyl (C=O) groups excluding carboxylic acids is 1. The van der Waals surface area contributed by atoms with Crippen LogP contribution in [0.5, 0.6) is 0 Å². The Balaban J connectivity index is 1.41. The van der Waals surface area contributed by atoms with Crippen LogP contribution in [-0.2, 0) is 27.3 Å². The molecule has 0 bridgehead atoms. The van der Waals surface area contributed by atoms with Gasteiger partial charge in [0.15, 0.2) is 5.16 Å². The number of aryl methyl sites for hydroxylation is 1. The van der Waals surface area contributed by atoms with Gasteiger partial charge in [-0.1, -0.05) is 41.2 Å². The lowest BCUT2D eigenvalue weighted by Gasteiger charge is -2.36. The van der Waals surface area contributed by atoms with E-state index in [1.807, 2.05) is 37.4 Å². The van der Waals surface area contributed by atoms with Crippen LogP contribution in [0.2, 0.25) is 0 Å². The SMILES string of the molecule is CSc1nc(SCC(=O)Nc2ccc(C)cc2)c2sc3nc(N4CCOCC4)c4c(c3c2n1)CC(C)(C)OC4. The maximum Gasteiger partial charge on any atom is 0.234 e. The highest BCUT2D eigenvalue weighted by atomic mass is 32.2. The standard InChI is InChI=1S/C28H31N5O3S3/c1-16-5-7-17(8-6-16)29-20(34)15-38-26-23-22(30-27(32-26)37-4)21-18-13-28(2,3)36-14-19(18)24(31-25(21)39-23)33-9-11-35-12-10-33/h5-8H,9-15H2,1-4H3,(H,29,34). The summed E-state index contributed by atoms with van der Waals surface area (Å²) in [6.45, 7) is 9.85. The molecule has 0 saturated carbocycles. The van der Waals surface area contributed by atoms with E-state index in [1.54, 1.807) is 11.3 Å². The number of amides is 1. The molecular weight excluding hydrogens is 551 g/mol. The molecule has 1 aromatic carbocycles. The van der Waals surface area contributed by atoms with Gasteiger partial charge in [-0.05, 0) is 44.7 Å². The number of carbonyl (C=O) groups is 1. The summed E-state index contributed by atoms with van der Waals surface area (Å²) in [4.78, 5) is 31.1. The lowest BCUT2D eigenvalue weighted by atomic mass is 9.90. The molecule has 204 valence electrons. The minimum Gasteiger partial charge on any atom is -0.378 e. The molecule has 1 N–H and O–H groups in total. The monoisotopic (exact) mass is 581 g/mol. The summed E-state index contributed by atoms with van der Waals surface area (Å²) in [5.74, 6) is 1.19. The number of pyridine rings is 1. The largest absolute Gasteiger partial charge is 0.378 e. The van der Waals surface area contributed by atoms with Crippen molar-refractivity contribution in [3.8, 4) is 0 Å². The molecule has 5 heterocycles. The van der Waals surface area contributed by atoms with Gasteiger partial charge in [0.1, 0.15) is 15.7 Å². The van der Waals surface area contributed by atoms with Gasteiger partial charge in [0.05, 0.1) is 41.4 Å². The van der Waals surface area contributed by atoms with E-state index in [4.69, 9.17) is 24.4 Å². The molecule has 0 aliphatic carbocycles. The zero-order chi connectivity index (χ0) is 27.1. The number of morpholine rings is 1. The molecule has 0 unspecified atom stereocenters. The van der Waals surface area contributed by atoms with E-state index < -0.39 is 0 Å². The molecule has 39 heavy (non-hydrogen) atoms. The van der Waals surface area contributed by atoms with Crippen molar-refractivity contribution in [2.75, 3.05) is 48.5 Å². The van der Waals surface area contributed by atoms with Crippen molar-refractivity contribution < 1.29 is 14.3 Å². The predicted molar refractivity (Wildman–Crippen MR) is 161 cm³/mol. The van der Waals surface area contributed by atoms with Crippen LogP contribution in [-0.4, -0.2) is 64.8 Å². The quantitative estimate of drug-likeness (QED) is 0.175. The first-order valence-electron chi connectivity index (χ1n) is 13.0. The molecule has 0 radical (unpaired) electrons. The minimum absolute atomic E-state index is 0.0635. The molecular formula is C28H31N5O3S3. The first-order valence-corrected chi connectivity index (χ1v) is 16.0. The number of fused-ring (bicyclic) bond motifs is 5. The van der Waals surface area contributed by atoms with E-state index in [0.29, 0.717) is 25.0 Å². The number of nitrogens with one attached hydrogen (secondary N) is 1. The van der Waals surface area contributed by atoms with Crippen LogP contribution in [0.4, 0.5) is 11.5 Å². The highest BCUT2D eigenvalue weighted by Gasteiger charge is 2.33. The normalized spacial score (nSPS) is 17.0. The molecule has 1 saturated heterocycles. The second-order valence-corrected chi connectivity index (χ2v) is 13.1. The Morgan fingerprint density at radius 2 is 1.90 bits per heavy atom. The van der Waals surface area contributed by atoms with Gasteiger partial charge in [0.2, 0.25) is 5.91 Å². The number of thiophene rings is 1. The van der Waals surface area contributed by atoms with Gasteiger partial charge in [-0.25, -0.2) is 15.0 Å². The third-order valence-electron chi connectivity index (χ3n) is 6.99. The fourth-order valence-electron chi connectivity index (χ4n) is 5.01. The Labute approximate surface area is 240 Å². The summed E-state index contributed by atoms with van der Waals surface area (Å²) in [6, 6.07) is 7.82. The molecule has 6 rings (SSSR count). The number of benzene rings is 1. The molecule has 4 aromatic rings. The number of anilines is 2. The molecule has 2 aliphatic rings. The van der Waals surface area contributed by atoms with E-state index in [-0.39, 0.29) is 17.3 Å². The average molecular weight is 582 g/mol. The van der Waals surface area contributed by atoms with Gasteiger partial charge in [0, 0.05) is 36.1 Å². The lowest BCUT2D eigenvalue weighted by Crippen LogP contribution is -2.39. The maximum atomic E-state index is 12.8. The van der Waals surface area contributed by atoms with Crippen LogP contribution >= 0.6 is 34.9 Å². The van der Waals surface area contributed by atoms with Crippen LogP contribution in [0, 0.1) is 6.92 Å². The number of ether oxygens (including phenoxy) is 2. The first kappa shape index (κ1) is 26.8. The van der Waals surface area contributed by atoms with Crippen molar-refractivity contribution >= 4 is 72.7 Å². The summed E-state index contributed by atoms with van der Waals surface area (Å²) >= 11 is 4.58. The van der Waals surface area contributed by atoms with Crippen LogP contribution in [0.15, 0.2) is 34.4 Å². The molecule has 0 spiro atoms. The van der Waals surface area contributed by atoms with Gasteiger partial charge in [0.25, 0.3) is 0 Å². The summed E-state index contributed by atoms with van der Waals surface area (Å²) < 4.78 is 12.9. The van der Waals surface area contributed by atoms with Crippen molar-refractivity contribution in [3.05, 3.63) is 41.0 Å². The van der Waals surface area contributed by atoms with Crippen molar-refractivity contribution in [3.63, 3.8) is 0 Å². The first-order chi connectivity index (χ1) is 18.8. The second-order valence-electron chi connectivity index (χ2n) is 10.4. The molecule has 2 aliphatic heterocycles. The van der Waals surface area contributed by atoms with Crippen LogP contribution in [0.25, 0.3) is 20.4 Å². The zero-order valence-corrected chi connectivity index (χ0v) is 24.9. The number of rotatable bonds is 6. The third-order valence-corrected chi connectivity index (χ3v) is 9.72. The maximum absolute atomic E-state index is 12.8. The van der Waals surface area contributed by atoms with E-state index in [9.17, 15) is 4.79 Å². The fourth-order valence-corrected chi connectivity index (χ4v) is 7.47. The van der Waals surface area contributed by atoms with Gasteiger partial charge in [-0.2, -0.15) is 0 Å². The number of hydrogen-bond donors (Lipinski definition) is 1. The Morgan fingerprint density at radius 3 is 2.64 bits per heavy atom. The van der Waals surface area contributed by atoms with Crippen molar-refractivity contribution in [2.45, 2.75) is 49.6 Å². The number of thioether (sulfide) groups is 2. The summed E-state index contributed by atoms with van der Waals surface area (Å²) in [5, 5.41) is 5.60. The lowest BCUT2D eigenvalue weighted by molar-refractivity contribution is -0.113. The van der Waals surface area contributed by atoms with Crippen LogP contribution < -0.4 is 10.2 Å². The van der Waals surface area contributed by atoms with Gasteiger partial charge in [-0.3, -0.25) is 4.79 Å². The third kappa shape index (κ3) is 5.47. The summed E-state index contributed by atoms with van der Waals surface area (Å²) in [5.41, 5.74) is 5.01. The molecule has 8 nitrogen and oxygen atoms in total. The van der Waals surface area contributed by atoms with E-state index in [2.05, 4.69) is 24.1 Å². The molecule has 11 heteroatoms. The zero-order valence-electron chi connectivity index (χ0n) is 22.5. The molecule has 0 atom stereocenters. The predicted octanol–water partition coefficient (Wildman–Crippen LogP) is 5.69. The minimum atomic E-state index is -0.279. The van der Waals surface area contributed by atoms with Crippen molar-refractivity contribution in [2.24, 2.45) is 0 Å². The number of nitrogens with zero attached hydrogens (tertiary/aromatic N) is 4. The van der Waals surface area contributed by atoms with Crippen molar-refractivity contribution in [1.29, 1.82) is 0 Å². The van der Waals surface area contributed by atoms with E-state index in [0.717, 1.165) is 67.6 Å². The highest BCUT2D eigenvalue weighted by Crippen LogP contribution is 2.45. The Hall–Kier alpha value is -2.44. The van der Waals surface area contributed by atoms with Crippen molar-refractivity contribution in [1.82, 2.24) is 15.0 Å². The van der Waals surface area contributed by atoms with Gasteiger partial charge < -0.3 is 19.7 Å². The highest BCUT2D eigenvalue weighted by molar-refractivity contribution is 8.00. The Bertz CT molecular complexity index is 1550. The van der Waals surface area contributed by atoms with Crippen LogP contribution in [0.1, 0.15) is 30.5 Å². The molecule has 1 amide bonds. The summed E-state index contributed by atoms with van der Waals surface area (Å²) in [6.07, 6.45) is 2.76. The second kappa shape index (κ2) is 10.9. The smallest absolute Gasteiger partial charge is 0.234 e. The molecule has 1 fully saturated rings. The van der Waals surface area contributed by atoms with Gasteiger partial charge >= 0.3 is 0 Å². The Morgan fingerprint density at radius 1 is 1.13 bits per heavy atom. The topological polar surface area (TPSA) is 89.5 Å². The number of hydrogen-bond acceptors (Lipinski definition) is 10. The average Bonchev–Trinajstić information content (AvgIpc) is 3.31. The van der Waals surface area contributed by atoms with E-state index in [1.165, 1.54) is 29.1 Å². The molecule has 3 aromatic heterocycles. The number of aromatic nitrogens is 3. The fraction of sp³-hybridized carbons (Fsp3) is 0.429. The summed E-state index contributed by atoms with van der Waals surface area (Å²) in [7, 11) is 0. The van der Waals surface area contributed by atoms with Crippen LogP contribution in [0.3, 0.4) is 0 Å². The Kier molecular flexibility index (Phi) is 7.45. The van der Waals surface area contributed by atoms with E-state index >= 15 is 0 Å². The van der Waals surface area contributed by atoms with Gasteiger partial charge in [-0.15, -0.1) is 11.3 Å².